The largest absolute Gasteiger partial charge is 0.490 e. The number of anilines is 1. The fourth-order valence-corrected chi connectivity index (χ4v) is 3.00. The number of H-pyrrole nitrogens is 1. The number of hydrazone groups is 1. The molecular weight excluding hydrogens is 371 g/mol. The van der Waals surface area contributed by atoms with Crippen LogP contribution in [0.1, 0.15) is 25.0 Å². The standard InChI is InChI=1S/C19H20Cl2N4O/c1-11(2)10-26-18-14(20)7-13(8-15(18)21)9-22-25-19-23-16-5-4-12(3)6-17(16)24-19/h4-9,11H,10H2,1-3H3,(H2,23,24,25)/b22-9-. The molecule has 0 amide bonds. The first-order valence-electron chi connectivity index (χ1n) is 8.29. The molecular formula is C19H20Cl2N4O. The predicted octanol–water partition coefficient (Wildman–Crippen LogP) is 5.66. The summed E-state index contributed by atoms with van der Waals surface area (Å²) in [5.41, 5.74) is 6.65. The lowest BCUT2D eigenvalue weighted by molar-refractivity contribution is 0.271. The normalized spacial score (nSPS) is 11.6. The van der Waals surface area contributed by atoms with Crippen LogP contribution in [0.25, 0.3) is 11.0 Å². The smallest absolute Gasteiger partial charge is 0.222 e. The molecule has 0 aliphatic carbocycles. The lowest BCUT2D eigenvalue weighted by Gasteiger charge is -2.12. The van der Waals surface area contributed by atoms with Crippen LogP contribution in [0, 0.1) is 12.8 Å². The van der Waals surface area contributed by atoms with Gasteiger partial charge in [0.2, 0.25) is 5.95 Å². The first-order valence-corrected chi connectivity index (χ1v) is 9.05. The first-order chi connectivity index (χ1) is 12.4. The maximum Gasteiger partial charge on any atom is 0.222 e. The van der Waals surface area contributed by atoms with Crippen molar-refractivity contribution in [3.8, 4) is 5.75 Å². The summed E-state index contributed by atoms with van der Waals surface area (Å²) in [6.07, 6.45) is 1.63. The second-order valence-corrected chi connectivity index (χ2v) is 7.31. The molecule has 0 saturated carbocycles. The molecule has 2 aromatic carbocycles. The van der Waals surface area contributed by atoms with Crippen LogP contribution in [-0.4, -0.2) is 22.8 Å². The zero-order chi connectivity index (χ0) is 18.7. The number of nitrogens with one attached hydrogen (secondary N) is 2. The van der Waals surface area contributed by atoms with E-state index >= 15 is 0 Å². The van der Waals surface area contributed by atoms with Crippen molar-refractivity contribution in [3.05, 3.63) is 51.5 Å². The van der Waals surface area contributed by atoms with E-state index in [0.29, 0.717) is 34.3 Å². The number of aromatic nitrogens is 2. The number of hydrogen-bond acceptors (Lipinski definition) is 4. The van der Waals surface area contributed by atoms with Crippen LogP contribution in [0.2, 0.25) is 10.0 Å². The van der Waals surface area contributed by atoms with Gasteiger partial charge in [0, 0.05) is 0 Å². The fourth-order valence-electron chi connectivity index (χ4n) is 2.39. The van der Waals surface area contributed by atoms with Gasteiger partial charge in [-0.15, -0.1) is 0 Å². The highest BCUT2D eigenvalue weighted by Crippen LogP contribution is 2.34. The molecule has 5 nitrogen and oxygen atoms in total. The second-order valence-electron chi connectivity index (χ2n) is 6.49. The number of imidazole rings is 1. The number of halogens is 2. The highest BCUT2D eigenvalue weighted by atomic mass is 35.5. The molecule has 0 radical (unpaired) electrons. The number of aryl methyl sites for hydroxylation is 1. The molecule has 136 valence electrons. The van der Waals surface area contributed by atoms with Crippen molar-refractivity contribution >= 4 is 46.4 Å². The van der Waals surface area contributed by atoms with Crippen LogP contribution in [0.5, 0.6) is 5.75 Å². The Labute approximate surface area is 162 Å². The van der Waals surface area contributed by atoms with Gasteiger partial charge in [-0.1, -0.05) is 43.1 Å². The third-order valence-electron chi connectivity index (χ3n) is 3.60. The Morgan fingerprint density at radius 2 is 1.96 bits per heavy atom. The number of hydrogen-bond donors (Lipinski definition) is 2. The average molecular weight is 391 g/mol. The number of fused-ring (bicyclic) bond motifs is 1. The SMILES string of the molecule is Cc1ccc2nc(N/N=C\c3cc(Cl)c(OCC(C)C)c(Cl)c3)[nH]c2c1. The van der Waals surface area contributed by atoms with Gasteiger partial charge in [0.15, 0.2) is 5.75 Å². The van der Waals surface area contributed by atoms with E-state index in [1.807, 2.05) is 25.1 Å². The molecule has 0 saturated heterocycles. The van der Waals surface area contributed by atoms with Gasteiger partial charge in [-0.05, 0) is 48.2 Å². The van der Waals surface area contributed by atoms with Crippen LogP contribution in [0.15, 0.2) is 35.4 Å². The van der Waals surface area contributed by atoms with E-state index < -0.39 is 0 Å². The Balaban J connectivity index is 1.71. The summed E-state index contributed by atoms with van der Waals surface area (Å²) in [6, 6.07) is 9.54. The van der Waals surface area contributed by atoms with Crippen LogP contribution in [0.3, 0.4) is 0 Å². The minimum atomic E-state index is 0.389. The number of rotatable bonds is 6. The average Bonchev–Trinajstić information content (AvgIpc) is 2.95. The number of benzene rings is 2. The minimum Gasteiger partial charge on any atom is -0.490 e. The van der Waals surface area contributed by atoms with E-state index in [-0.39, 0.29) is 0 Å². The molecule has 0 bridgehead atoms. The Bertz CT molecular complexity index is 927. The minimum absolute atomic E-state index is 0.389. The molecule has 0 aliphatic rings. The van der Waals surface area contributed by atoms with Crippen molar-refractivity contribution in [1.29, 1.82) is 0 Å². The molecule has 0 aliphatic heterocycles. The summed E-state index contributed by atoms with van der Waals surface area (Å²) >= 11 is 12.5. The molecule has 0 spiro atoms. The summed E-state index contributed by atoms with van der Waals surface area (Å²) in [5, 5.41) is 5.10. The first kappa shape index (κ1) is 18.5. The molecule has 1 heterocycles. The van der Waals surface area contributed by atoms with Crippen molar-refractivity contribution in [3.63, 3.8) is 0 Å². The Morgan fingerprint density at radius 3 is 2.65 bits per heavy atom. The zero-order valence-electron chi connectivity index (χ0n) is 14.8. The summed E-state index contributed by atoms with van der Waals surface area (Å²) in [6.45, 7) is 6.72. The number of ether oxygens (including phenoxy) is 1. The molecule has 0 atom stereocenters. The zero-order valence-corrected chi connectivity index (χ0v) is 16.3. The van der Waals surface area contributed by atoms with Crippen LogP contribution in [0.4, 0.5) is 5.95 Å². The van der Waals surface area contributed by atoms with Crippen LogP contribution < -0.4 is 10.2 Å². The molecule has 1 aromatic heterocycles. The topological polar surface area (TPSA) is 62.3 Å². The Hall–Kier alpha value is -2.24. The van der Waals surface area contributed by atoms with E-state index in [0.717, 1.165) is 16.6 Å². The Morgan fingerprint density at radius 1 is 1.23 bits per heavy atom. The van der Waals surface area contributed by atoms with Gasteiger partial charge in [-0.3, -0.25) is 0 Å². The van der Waals surface area contributed by atoms with Gasteiger partial charge in [0.1, 0.15) is 0 Å². The third kappa shape index (κ3) is 4.48. The van der Waals surface area contributed by atoms with Gasteiger partial charge < -0.3 is 9.72 Å². The molecule has 3 rings (SSSR count). The van der Waals surface area contributed by atoms with Crippen molar-refractivity contribution in [2.75, 3.05) is 12.0 Å². The van der Waals surface area contributed by atoms with Crippen LogP contribution in [-0.2, 0) is 0 Å². The summed E-state index contributed by atoms with van der Waals surface area (Å²) in [5.74, 6) is 1.45. The highest BCUT2D eigenvalue weighted by molar-refractivity contribution is 6.37. The fraction of sp³-hybridized carbons (Fsp3) is 0.263. The summed E-state index contributed by atoms with van der Waals surface area (Å²) in [7, 11) is 0. The van der Waals surface area contributed by atoms with Gasteiger partial charge >= 0.3 is 0 Å². The van der Waals surface area contributed by atoms with Gasteiger partial charge in [0.25, 0.3) is 0 Å². The molecule has 0 unspecified atom stereocenters. The van der Waals surface area contributed by atoms with Crippen molar-refractivity contribution in [2.45, 2.75) is 20.8 Å². The van der Waals surface area contributed by atoms with Crippen LogP contribution >= 0.6 is 23.2 Å². The van der Waals surface area contributed by atoms with Crippen molar-refractivity contribution in [1.82, 2.24) is 9.97 Å². The lowest BCUT2D eigenvalue weighted by Crippen LogP contribution is -2.05. The highest BCUT2D eigenvalue weighted by Gasteiger charge is 2.10. The Kier molecular flexibility index (Phi) is 5.69. The summed E-state index contributed by atoms with van der Waals surface area (Å²) in [4.78, 5) is 7.60. The molecule has 3 aromatic rings. The van der Waals surface area contributed by atoms with E-state index in [4.69, 9.17) is 27.9 Å². The monoisotopic (exact) mass is 390 g/mol. The molecule has 0 fully saturated rings. The number of aromatic amines is 1. The van der Waals surface area contributed by atoms with Gasteiger partial charge in [-0.25, -0.2) is 10.4 Å². The van der Waals surface area contributed by atoms with E-state index in [1.165, 1.54) is 5.56 Å². The maximum absolute atomic E-state index is 6.27. The van der Waals surface area contributed by atoms with E-state index in [9.17, 15) is 0 Å². The maximum atomic E-state index is 6.27. The second kappa shape index (κ2) is 7.98. The molecule has 26 heavy (non-hydrogen) atoms. The van der Waals surface area contributed by atoms with E-state index in [1.54, 1.807) is 18.3 Å². The number of nitrogens with zero attached hydrogens (tertiary/aromatic N) is 2. The summed E-state index contributed by atoms with van der Waals surface area (Å²) < 4.78 is 5.66. The third-order valence-corrected chi connectivity index (χ3v) is 4.16. The molecule has 2 N–H and O–H groups in total. The predicted molar refractivity (Wildman–Crippen MR) is 109 cm³/mol. The van der Waals surface area contributed by atoms with Crippen molar-refractivity contribution in [2.24, 2.45) is 11.0 Å². The lowest BCUT2D eigenvalue weighted by atomic mass is 10.2. The van der Waals surface area contributed by atoms with Gasteiger partial charge in [-0.2, -0.15) is 5.10 Å². The van der Waals surface area contributed by atoms with Crippen molar-refractivity contribution < 1.29 is 4.74 Å². The quantitative estimate of drug-likeness (QED) is 0.421. The van der Waals surface area contributed by atoms with Gasteiger partial charge in [0.05, 0.1) is 33.9 Å². The molecule has 7 heteroatoms. The van der Waals surface area contributed by atoms with E-state index in [2.05, 4.69) is 34.3 Å².